The molecule has 0 spiro atoms. The topological polar surface area (TPSA) is 38.7 Å². The minimum Gasteiger partial charge on any atom is -0.394 e. The normalized spacial score (nSPS) is 21.2. The Morgan fingerprint density at radius 3 is 2.00 bits per heavy atom. The highest BCUT2D eigenvalue weighted by Crippen LogP contribution is 1.97. The van der Waals surface area contributed by atoms with Gasteiger partial charge in [-0.1, -0.05) is 27.7 Å². The molecule has 0 radical (unpaired) electrons. The summed E-state index contributed by atoms with van der Waals surface area (Å²) in [6, 6.07) is 0. The Kier molecular flexibility index (Phi) is 16.2. The van der Waals surface area contributed by atoms with Gasteiger partial charge in [0.2, 0.25) is 0 Å². The van der Waals surface area contributed by atoms with E-state index in [-0.39, 0.29) is 12.7 Å². The zero-order valence-corrected chi connectivity index (χ0v) is 8.67. The lowest BCUT2D eigenvalue weighted by atomic mass is 10.4. The predicted octanol–water partition coefficient (Wildman–Crippen LogP) is 1.45. The molecular formula is C9H22O3. The van der Waals surface area contributed by atoms with Gasteiger partial charge in [0.15, 0.2) is 0 Å². The zero-order chi connectivity index (χ0) is 9.82. The fraction of sp³-hybridized carbons (Fsp3) is 1.00. The van der Waals surface area contributed by atoms with Crippen molar-refractivity contribution >= 4 is 0 Å². The van der Waals surface area contributed by atoms with Crippen LogP contribution >= 0.6 is 0 Å². The molecule has 1 atom stereocenters. The van der Waals surface area contributed by atoms with E-state index in [4.69, 9.17) is 14.6 Å². The molecule has 1 heterocycles. The molecule has 1 N–H and O–H groups in total. The Balaban J connectivity index is 0. The van der Waals surface area contributed by atoms with E-state index < -0.39 is 0 Å². The molecule has 0 aromatic rings. The van der Waals surface area contributed by atoms with E-state index in [0.717, 1.165) is 0 Å². The Labute approximate surface area is 75.7 Å². The van der Waals surface area contributed by atoms with Gasteiger partial charge in [0, 0.05) is 0 Å². The van der Waals surface area contributed by atoms with Crippen molar-refractivity contribution in [1.82, 2.24) is 0 Å². The molecule has 3 nitrogen and oxygen atoms in total. The summed E-state index contributed by atoms with van der Waals surface area (Å²) in [5, 5.41) is 8.49. The predicted molar refractivity (Wildman–Crippen MR) is 50.3 cm³/mol. The Hall–Kier alpha value is -0.120. The molecule has 1 saturated heterocycles. The number of hydrogen-bond donors (Lipinski definition) is 1. The van der Waals surface area contributed by atoms with Crippen molar-refractivity contribution in [2.75, 3.05) is 26.4 Å². The summed E-state index contributed by atoms with van der Waals surface area (Å²) in [5.41, 5.74) is 0. The van der Waals surface area contributed by atoms with Crippen LogP contribution in [0.2, 0.25) is 0 Å². The van der Waals surface area contributed by atoms with Crippen LogP contribution in [0.3, 0.4) is 0 Å². The fourth-order valence-corrected chi connectivity index (χ4v) is 0.642. The van der Waals surface area contributed by atoms with Crippen LogP contribution in [0.5, 0.6) is 0 Å². The molecule has 0 saturated carbocycles. The molecule has 0 amide bonds. The molecule has 1 aliphatic rings. The molecule has 3 heteroatoms. The number of aliphatic hydroxyl groups is 1. The van der Waals surface area contributed by atoms with Crippen LogP contribution in [0.15, 0.2) is 0 Å². The van der Waals surface area contributed by atoms with Gasteiger partial charge in [-0.05, 0) is 0 Å². The summed E-state index contributed by atoms with van der Waals surface area (Å²) in [6.45, 7) is 9.89. The van der Waals surface area contributed by atoms with Gasteiger partial charge in [-0.25, -0.2) is 0 Å². The highest BCUT2D eigenvalue weighted by molar-refractivity contribution is 4.56. The van der Waals surface area contributed by atoms with Crippen molar-refractivity contribution in [2.45, 2.75) is 33.8 Å². The third-order valence-corrected chi connectivity index (χ3v) is 1.09. The Bertz CT molecular complexity index is 60.8. The second-order valence-electron chi connectivity index (χ2n) is 1.75. The monoisotopic (exact) mass is 178 g/mol. The lowest BCUT2D eigenvalue weighted by Gasteiger charge is -2.20. The van der Waals surface area contributed by atoms with Crippen LogP contribution < -0.4 is 0 Å². The van der Waals surface area contributed by atoms with E-state index >= 15 is 0 Å². The van der Waals surface area contributed by atoms with Gasteiger partial charge in [0.25, 0.3) is 0 Å². The highest BCUT2D eigenvalue weighted by atomic mass is 16.6. The van der Waals surface area contributed by atoms with E-state index in [1.165, 1.54) is 0 Å². The second-order valence-corrected chi connectivity index (χ2v) is 1.75. The maximum atomic E-state index is 8.49. The summed E-state index contributed by atoms with van der Waals surface area (Å²) < 4.78 is 10.0. The zero-order valence-electron chi connectivity index (χ0n) is 8.67. The van der Waals surface area contributed by atoms with Crippen LogP contribution in [0.4, 0.5) is 0 Å². The molecule has 0 aromatic carbocycles. The van der Waals surface area contributed by atoms with E-state index in [1.54, 1.807) is 0 Å². The Morgan fingerprint density at radius 1 is 1.17 bits per heavy atom. The van der Waals surface area contributed by atoms with Crippen LogP contribution in [-0.4, -0.2) is 37.6 Å². The molecule has 1 fully saturated rings. The number of aliphatic hydroxyl groups excluding tert-OH is 1. The van der Waals surface area contributed by atoms with E-state index in [0.29, 0.717) is 19.8 Å². The molecule has 1 aliphatic heterocycles. The molecule has 0 bridgehead atoms. The number of hydrogen-bond acceptors (Lipinski definition) is 3. The first-order valence-corrected chi connectivity index (χ1v) is 4.73. The van der Waals surface area contributed by atoms with Crippen molar-refractivity contribution in [3.8, 4) is 0 Å². The average Bonchev–Trinajstić information content (AvgIpc) is 2.25. The lowest BCUT2D eigenvalue weighted by Crippen LogP contribution is -2.31. The highest BCUT2D eigenvalue weighted by Gasteiger charge is 2.11. The van der Waals surface area contributed by atoms with Gasteiger partial charge in [-0.3, -0.25) is 0 Å². The van der Waals surface area contributed by atoms with E-state index in [1.807, 2.05) is 27.7 Å². The van der Waals surface area contributed by atoms with Gasteiger partial charge in [-0.15, -0.1) is 0 Å². The maximum Gasteiger partial charge on any atom is 0.104 e. The average molecular weight is 178 g/mol. The van der Waals surface area contributed by atoms with Crippen LogP contribution in [0, 0.1) is 0 Å². The summed E-state index contributed by atoms with van der Waals surface area (Å²) in [7, 11) is 0. The van der Waals surface area contributed by atoms with Gasteiger partial charge < -0.3 is 14.6 Å². The molecule has 0 aliphatic carbocycles. The molecule has 0 aromatic heterocycles. The molecule has 12 heavy (non-hydrogen) atoms. The van der Waals surface area contributed by atoms with Crippen molar-refractivity contribution in [1.29, 1.82) is 0 Å². The lowest BCUT2D eigenvalue weighted by molar-refractivity contribution is -0.105. The van der Waals surface area contributed by atoms with E-state index in [2.05, 4.69) is 0 Å². The maximum absolute atomic E-state index is 8.49. The summed E-state index contributed by atoms with van der Waals surface area (Å²) in [4.78, 5) is 0. The van der Waals surface area contributed by atoms with Crippen LogP contribution in [0.25, 0.3) is 0 Å². The molecule has 76 valence electrons. The third kappa shape index (κ3) is 7.98. The number of rotatable bonds is 1. The minimum atomic E-state index is -0.0799. The van der Waals surface area contributed by atoms with Gasteiger partial charge in [-0.2, -0.15) is 0 Å². The first kappa shape index (κ1) is 14.4. The van der Waals surface area contributed by atoms with Crippen LogP contribution in [-0.2, 0) is 9.47 Å². The molecular weight excluding hydrogens is 156 g/mol. The first-order valence-electron chi connectivity index (χ1n) is 4.73. The summed E-state index contributed by atoms with van der Waals surface area (Å²) >= 11 is 0. The fourth-order valence-electron chi connectivity index (χ4n) is 0.642. The standard InChI is InChI=1S/C5H10O3.2C2H6/c6-3-5-4-7-1-2-8-5;2*1-2/h5-6H,1-4H2;2*1-2H3. The smallest absolute Gasteiger partial charge is 0.104 e. The largest absolute Gasteiger partial charge is 0.394 e. The quantitative estimate of drug-likeness (QED) is 0.660. The first-order chi connectivity index (χ1) is 5.93. The van der Waals surface area contributed by atoms with Crippen molar-refractivity contribution < 1.29 is 14.6 Å². The van der Waals surface area contributed by atoms with Crippen molar-refractivity contribution in [3.63, 3.8) is 0 Å². The van der Waals surface area contributed by atoms with Gasteiger partial charge in [0.05, 0.1) is 26.4 Å². The summed E-state index contributed by atoms with van der Waals surface area (Å²) in [5.74, 6) is 0. The van der Waals surface area contributed by atoms with Gasteiger partial charge >= 0.3 is 0 Å². The van der Waals surface area contributed by atoms with Crippen molar-refractivity contribution in [2.24, 2.45) is 0 Å². The van der Waals surface area contributed by atoms with Crippen LogP contribution in [0.1, 0.15) is 27.7 Å². The van der Waals surface area contributed by atoms with Crippen molar-refractivity contribution in [3.05, 3.63) is 0 Å². The minimum absolute atomic E-state index is 0.0694. The van der Waals surface area contributed by atoms with E-state index in [9.17, 15) is 0 Å². The molecule has 1 unspecified atom stereocenters. The Morgan fingerprint density at radius 2 is 1.75 bits per heavy atom. The summed E-state index contributed by atoms with van der Waals surface area (Å²) in [6.07, 6.45) is -0.0799. The second kappa shape index (κ2) is 13.5. The van der Waals surface area contributed by atoms with Gasteiger partial charge in [0.1, 0.15) is 6.10 Å². The number of ether oxygens (including phenoxy) is 2. The third-order valence-electron chi connectivity index (χ3n) is 1.09. The molecule has 1 rings (SSSR count). The SMILES string of the molecule is CC.CC.OCC1COCCO1.